The van der Waals surface area contributed by atoms with Crippen LogP contribution in [0.25, 0.3) is 0 Å². The van der Waals surface area contributed by atoms with Gasteiger partial charge in [0, 0.05) is 35.8 Å². The van der Waals surface area contributed by atoms with Gasteiger partial charge in [-0.2, -0.15) is 11.3 Å². The number of carbonyl (C=O) groups excluding carboxylic acids is 2. The number of nitrogens with two attached hydrogens (primary N) is 1. The van der Waals surface area contributed by atoms with Crippen molar-refractivity contribution in [1.82, 2.24) is 10.2 Å². The van der Waals surface area contributed by atoms with Gasteiger partial charge in [-0.25, -0.2) is 0 Å². The minimum absolute atomic E-state index is 0.0251. The molecule has 2 heterocycles. The Morgan fingerprint density at radius 1 is 1.17 bits per heavy atom. The molecule has 1 aliphatic rings. The van der Waals surface area contributed by atoms with E-state index in [4.69, 9.17) is 5.73 Å². The smallest absolute Gasteiger partial charge is 0.252 e. The van der Waals surface area contributed by atoms with E-state index < -0.39 is 0 Å². The molecule has 0 bridgehead atoms. The molecule has 2 aromatic rings. The summed E-state index contributed by atoms with van der Waals surface area (Å²) in [7, 11) is 0. The molecule has 1 aromatic heterocycles. The Balaban J connectivity index is 1.47. The quantitative estimate of drug-likeness (QED) is 0.837. The van der Waals surface area contributed by atoms with E-state index in [0.29, 0.717) is 30.8 Å². The van der Waals surface area contributed by atoms with E-state index in [9.17, 15) is 9.59 Å². The van der Waals surface area contributed by atoms with Crippen molar-refractivity contribution in [3.63, 3.8) is 0 Å². The number of anilines is 1. The highest BCUT2D eigenvalue weighted by molar-refractivity contribution is 7.08. The van der Waals surface area contributed by atoms with E-state index in [2.05, 4.69) is 5.32 Å². The van der Waals surface area contributed by atoms with Crippen LogP contribution in [-0.4, -0.2) is 35.8 Å². The van der Waals surface area contributed by atoms with E-state index in [1.165, 1.54) is 11.3 Å². The lowest BCUT2D eigenvalue weighted by Crippen LogP contribution is -2.46. The maximum atomic E-state index is 12.4. The molecule has 1 saturated heterocycles. The zero-order valence-electron chi connectivity index (χ0n) is 13.4. The van der Waals surface area contributed by atoms with E-state index in [-0.39, 0.29) is 17.9 Å². The third kappa shape index (κ3) is 4.14. The zero-order valence-corrected chi connectivity index (χ0v) is 14.2. The van der Waals surface area contributed by atoms with Crippen LogP contribution >= 0.6 is 11.3 Å². The second kappa shape index (κ2) is 7.49. The highest BCUT2D eigenvalue weighted by Gasteiger charge is 2.24. The van der Waals surface area contributed by atoms with Gasteiger partial charge in [-0.05, 0) is 42.0 Å². The molecule has 3 N–H and O–H groups in total. The summed E-state index contributed by atoms with van der Waals surface area (Å²) in [5.41, 5.74) is 8.05. The maximum Gasteiger partial charge on any atom is 0.252 e. The van der Waals surface area contributed by atoms with Crippen molar-refractivity contribution in [2.75, 3.05) is 18.8 Å². The number of nitrogen functional groups attached to an aromatic ring is 1. The van der Waals surface area contributed by atoms with E-state index in [0.717, 1.165) is 18.4 Å². The highest BCUT2D eigenvalue weighted by Crippen LogP contribution is 2.14. The van der Waals surface area contributed by atoms with Crippen molar-refractivity contribution in [2.45, 2.75) is 25.3 Å². The summed E-state index contributed by atoms with van der Waals surface area (Å²) >= 11 is 1.51. The number of benzene rings is 1. The molecule has 0 atom stereocenters. The predicted octanol–water partition coefficient (Wildman–Crippen LogP) is 2.29. The lowest BCUT2D eigenvalue weighted by atomic mass is 10.0. The number of thiophene rings is 1. The van der Waals surface area contributed by atoms with Crippen LogP contribution in [0.3, 0.4) is 0 Å². The Bertz CT molecular complexity index is 690. The molecule has 1 fully saturated rings. The lowest BCUT2D eigenvalue weighted by molar-refractivity contribution is -0.131. The first kappa shape index (κ1) is 16.5. The SMILES string of the molecule is Nc1ccc(CC(=O)N2CCC(NC(=O)c3ccsc3)CC2)cc1. The molecule has 5 nitrogen and oxygen atoms in total. The van der Waals surface area contributed by atoms with Crippen LogP contribution in [0.15, 0.2) is 41.1 Å². The summed E-state index contributed by atoms with van der Waals surface area (Å²) in [5.74, 6) is 0.102. The Kier molecular flexibility index (Phi) is 5.15. The van der Waals surface area contributed by atoms with Crippen molar-refractivity contribution in [1.29, 1.82) is 0 Å². The summed E-state index contributed by atoms with van der Waals surface area (Å²) in [4.78, 5) is 26.3. The second-order valence-electron chi connectivity index (χ2n) is 6.06. The fourth-order valence-electron chi connectivity index (χ4n) is 2.86. The number of piperidine rings is 1. The van der Waals surface area contributed by atoms with Crippen LogP contribution in [0.1, 0.15) is 28.8 Å². The van der Waals surface area contributed by atoms with Crippen molar-refractivity contribution < 1.29 is 9.59 Å². The van der Waals surface area contributed by atoms with E-state index in [1.54, 1.807) is 0 Å². The molecule has 0 radical (unpaired) electrons. The first-order valence-corrected chi connectivity index (χ1v) is 9.01. The number of nitrogens with one attached hydrogen (secondary N) is 1. The first-order chi connectivity index (χ1) is 11.6. The minimum Gasteiger partial charge on any atom is -0.399 e. The summed E-state index contributed by atoms with van der Waals surface area (Å²) in [6.45, 7) is 1.37. The zero-order chi connectivity index (χ0) is 16.9. The first-order valence-electron chi connectivity index (χ1n) is 8.07. The Morgan fingerprint density at radius 2 is 1.88 bits per heavy atom. The molecule has 0 saturated carbocycles. The van der Waals surface area contributed by atoms with Crippen LogP contribution < -0.4 is 11.1 Å². The second-order valence-corrected chi connectivity index (χ2v) is 6.84. The van der Waals surface area contributed by atoms with Gasteiger partial charge in [0.2, 0.25) is 5.91 Å². The molecule has 2 amide bonds. The number of hydrogen-bond donors (Lipinski definition) is 2. The number of hydrogen-bond acceptors (Lipinski definition) is 4. The number of amides is 2. The third-order valence-electron chi connectivity index (χ3n) is 4.30. The van der Waals surface area contributed by atoms with Crippen LogP contribution in [-0.2, 0) is 11.2 Å². The van der Waals surface area contributed by atoms with Crippen LogP contribution in [0.2, 0.25) is 0 Å². The van der Waals surface area contributed by atoms with Crippen molar-refractivity contribution in [3.05, 3.63) is 52.2 Å². The maximum absolute atomic E-state index is 12.4. The largest absolute Gasteiger partial charge is 0.399 e. The van der Waals surface area contributed by atoms with Crippen molar-refractivity contribution in [3.8, 4) is 0 Å². The Morgan fingerprint density at radius 3 is 2.50 bits per heavy atom. The molecule has 24 heavy (non-hydrogen) atoms. The standard InChI is InChI=1S/C18H21N3O2S/c19-15-3-1-13(2-4-15)11-17(22)21-8-5-16(6-9-21)20-18(23)14-7-10-24-12-14/h1-4,7,10,12,16H,5-6,8-9,11,19H2,(H,20,23). The monoisotopic (exact) mass is 343 g/mol. The fraction of sp³-hybridized carbons (Fsp3) is 0.333. The van der Waals surface area contributed by atoms with Gasteiger partial charge in [0.25, 0.3) is 5.91 Å². The van der Waals surface area contributed by atoms with Crippen molar-refractivity contribution in [2.24, 2.45) is 0 Å². The average molecular weight is 343 g/mol. The van der Waals surface area contributed by atoms with Crippen LogP contribution in [0.4, 0.5) is 5.69 Å². The van der Waals surface area contributed by atoms with Gasteiger partial charge in [0.05, 0.1) is 6.42 Å². The minimum atomic E-state index is -0.0251. The topological polar surface area (TPSA) is 75.4 Å². The highest BCUT2D eigenvalue weighted by atomic mass is 32.1. The van der Waals surface area contributed by atoms with Gasteiger partial charge in [-0.1, -0.05) is 12.1 Å². The summed E-state index contributed by atoms with van der Waals surface area (Å²) in [6.07, 6.45) is 1.99. The molecule has 126 valence electrons. The number of carbonyl (C=O) groups is 2. The van der Waals surface area contributed by atoms with Gasteiger partial charge in [0.15, 0.2) is 0 Å². The third-order valence-corrected chi connectivity index (χ3v) is 4.98. The molecule has 1 aliphatic heterocycles. The van der Waals surface area contributed by atoms with Gasteiger partial charge in [-0.15, -0.1) is 0 Å². The molecule has 0 unspecified atom stereocenters. The summed E-state index contributed by atoms with van der Waals surface area (Å²) in [6, 6.07) is 9.37. The van der Waals surface area contributed by atoms with Gasteiger partial charge >= 0.3 is 0 Å². The molecule has 0 aliphatic carbocycles. The molecule has 0 spiro atoms. The molecular formula is C18H21N3O2S. The fourth-order valence-corrected chi connectivity index (χ4v) is 3.49. The number of nitrogens with zero attached hydrogens (tertiary/aromatic N) is 1. The molecule has 1 aromatic carbocycles. The number of likely N-dealkylation sites (tertiary alicyclic amines) is 1. The van der Waals surface area contributed by atoms with E-state index >= 15 is 0 Å². The Hall–Kier alpha value is -2.34. The average Bonchev–Trinajstić information content (AvgIpc) is 3.12. The summed E-state index contributed by atoms with van der Waals surface area (Å²) in [5, 5.41) is 6.80. The molecule has 3 rings (SSSR count). The van der Waals surface area contributed by atoms with E-state index in [1.807, 2.05) is 46.0 Å². The lowest BCUT2D eigenvalue weighted by Gasteiger charge is -2.32. The van der Waals surface area contributed by atoms with Crippen LogP contribution in [0.5, 0.6) is 0 Å². The Labute approximate surface area is 145 Å². The molecular weight excluding hydrogens is 322 g/mol. The van der Waals surface area contributed by atoms with Crippen LogP contribution in [0, 0.1) is 0 Å². The summed E-state index contributed by atoms with van der Waals surface area (Å²) < 4.78 is 0. The predicted molar refractivity (Wildman–Crippen MR) is 95.9 cm³/mol. The van der Waals surface area contributed by atoms with Crippen molar-refractivity contribution >= 4 is 28.8 Å². The van der Waals surface area contributed by atoms with Gasteiger partial charge in [0.1, 0.15) is 0 Å². The normalized spacial score (nSPS) is 15.2. The molecule has 6 heteroatoms. The number of rotatable bonds is 4. The van der Waals surface area contributed by atoms with Gasteiger partial charge < -0.3 is 16.0 Å². The van der Waals surface area contributed by atoms with Gasteiger partial charge in [-0.3, -0.25) is 9.59 Å².